The standard InChI is InChI=1S/C48H95NO10/c1-3-5-7-9-11-13-15-17-18-19-20-21-22-23-24-26-28-30-32-34-36-41(52)47(57)49-39(38-58-48-46(56)45(55)44(54)42(37-50)59-48)43(53)40(51)35-33-31-29-27-25-16-14-12-10-8-6-4-2/h39-46,48,50-56H,3-38H2,1-2H3,(H,49,57)/t39?,40?,41?,42-,43?,44-,45+,46-,48-/m0/s1. The first-order chi connectivity index (χ1) is 28.7. The molecule has 0 aromatic heterocycles. The molecule has 0 bridgehead atoms. The molecule has 0 radical (unpaired) electrons. The van der Waals surface area contributed by atoms with E-state index in [4.69, 9.17) is 9.47 Å². The fourth-order valence-electron chi connectivity index (χ4n) is 8.27. The molecule has 1 fully saturated rings. The summed E-state index contributed by atoms with van der Waals surface area (Å²) in [4.78, 5) is 13.1. The maximum Gasteiger partial charge on any atom is 0.249 e. The number of hydrogen-bond donors (Lipinski definition) is 8. The molecule has 4 unspecified atom stereocenters. The molecule has 0 aromatic carbocycles. The SMILES string of the molecule is CCCCCCCCCCCCCCCCCCCCCCC(O)C(=O)NC(CO[C@H]1O[C@@H](CO)[C@H](O)[C@@H](O)[C@@H]1O)C(O)C(O)CCCCCCCCCCCCCC. The van der Waals surface area contributed by atoms with Crippen LogP contribution >= 0.6 is 0 Å². The van der Waals surface area contributed by atoms with Gasteiger partial charge >= 0.3 is 0 Å². The molecule has 1 amide bonds. The summed E-state index contributed by atoms with van der Waals surface area (Å²) in [6.45, 7) is 3.45. The fraction of sp³-hybridized carbons (Fsp3) is 0.979. The van der Waals surface area contributed by atoms with Gasteiger partial charge in [-0.3, -0.25) is 4.79 Å². The van der Waals surface area contributed by atoms with Crippen molar-refractivity contribution in [2.45, 2.75) is 287 Å². The van der Waals surface area contributed by atoms with E-state index in [1.807, 2.05) is 0 Å². The predicted octanol–water partition coefficient (Wildman–Crippen LogP) is 8.67. The Morgan fingerprint density at radius 2 is 0.881 bits per heavy atom. The number of carbonyl (C=O) groups is 1. The second kappa shape index (κ2) is 38.8. The number of ether oxygens (including phenoxy) is 2. The zero-order valence-corrected chi connectivity index (χ0v) is 38.0. The van der Waals surface area contributed by atoms with Crippen LogP contribution in [0.1, 0.15) is 232 Å². The Kier molecular flexibility index (Phi) is 36.9. The molecular weight excluding hydrogens is 751 g/mol. The van der Waals surface area contributed by atoms with Crippen LogP contribution in [0.5, 0.6) is 0 Å². The molecular formula is C48H95NO10. The van der Waals surface area contributed by atoms with Gasteiger partial charge in [0.05, 0.1) is 25.4 Å². The third kappa shape index (κ3) is 28.4. The summed E-state index contributed by atoms with van der Waals surface area (Å²) in [5, 5.41) is 75.7. The Morgan fingerprint density at radius 3 is 1.25 bits per heavy atom. The highest BCUT2D eigenvalue weighted by molar-refractivity contribution is 5.80. The van der Waals surface area contributed by atoms with Gasteiger partial charge in [-0.1, -0.05) is 219 Å². The molecule has 11 heteroatoms. The molecule has 1 heterocycles. The van der Waals surface area contributed by atoms with Crippen LogP contribution in [-0.4, -0.2) is 110 Å². The van der Waals surface area contributed by atoms with Crippen molar-refractivity contribution in [3.63, 3.8) is 0 Å². The molecule has 352 valence electrons. The largest absolute Gasteiger partial charge is 0.394 e. The zero-order valence-electron chi connectivity index (χ0n) is 38.0. The second-order valence-corrected chi connectivity index (χ2v) is 17.9. The number of unbranched alkanes of at least 4 members (excludes halogenated alkanes) is 30. The normalized spacial score (nSPS) is 21.7. The van der Waals surface area contributed by atoms with E-state index in [9.17, 15) is 40.5 Å². The second-order valence-electron chi connectivity index (χ2n) is 17.9. The molecule has 8 N–H and O–H groups in total. The topological polar surface area (TPSA) is 189 Å². The number of rotatable bonds is 42. The van der Waals surface area contributed by atoms with Gasteiger partial charge in [-0.15, -0.1) is 0 Å². The first kappa shape index (κ1) is 56.1. The van der Waals surface area contributed by atoms with Gasteiger partial charge in [-0.25, -0.2) is 0 Å². The lowest BCUT2D eigenvalue weighted by atomic mass is 9.98. The minimum absolute atomic E-state index is 0.266. The molecule has 59 heavy (non-hydrogen) atoms. The van der Waals surface area contributed by atoms with Gasteiger partial charge < -0.3 is 50.5 Å². The van der Waals surface area contributed by atoms with E-state index in [-0.39, 0.29) is 6.42 Å². The van der Waals surface area contributed by atoms with E-state index in [0.717, 1.165) is 38.5 Å². The van der Waals surface area contributed by atoms with Crippen molar-refractivity contribution in [2.24, 2.45) is 0 Å². The number of nitrogens with one attached hydrogen (secondary N) is 1. The molecule has 0 aromatic rings. The first-order valence-electron chi connectivity index (χ1n) is 24.9. The van der Waals surface area contributed by atoms with Crippen LogP contribution < -0.4 is 5.32 Å². The highest BCUT2D eigenvalue weighted by Gasteiger charge is 2.44. The zero-order chi connectivity index (χ0) is 43.4. The van der Waals surface area contributed by atoms with Crippen molar-refractivity contribution >= 4 is 5.91 Å². The van der Waals surface area contributed by atoms with E-state index in [1.165, 1.54) is 154 Å². The summed E-state index contributed by atoms with van der Waals surface area (Å²) in [5.74, 6) is -0.693. The molecule has 1 rings (SSSR count). The Morgan fingerprint density at radius 1 is 0.525 bits per heavy atom. The van der Waals surface area contributed by atoms with Gasteiger partial charge in [0.1, 0.15) is 36.6 Å². The Balaban J connectivity index is 2.37. The molecule has 11 nitrogen and oxygen atoms in total. The number of aliphatic hydroxyl groups is 7. The quantitative estimate of drug-likeness (QED) is 0.0276. The fourth-order valence-corrected chi connectivity index (χ4v) is 8.27. The summed E-state index contributed by atoms with van der Waals surface area (Å²) in [7, 11) is 0. The van der Waals surface area contributed by atoms with Crippen LogP contribution in [0.4, 0.5) is 0 Å². The molecule has 0 spiro atoms. The average Bonchev–Trinajstić information content (AvgIpc) is 3.23. The summed E-state index contributed by atoms with van der Waals surface area (Å²) in [6.07, 6.45) is 28.7. The van der Waals surface area contributed by atoms with Crippen LogP contribution in [-0.2, 0) is 14.3 Å². The van der Waals surface area contributed by atoms with Crippen LogP contribution in [0.3, 0.4) is 0 Å². The minimum Gasteiger partial charge on any atom is -0.394 e. The van der Waals surface area contributed by atoms with E-state index in [0.29, 0.717) is 19.3 Å². The van der Waals surface area contributed by atoms with E-state index in [1.54, 1.807) is 0 Å². The van der Waals surface area contributed by atoms with E-state index in [2.05, 4.69) is 19.2 Å². The van der Waals surface area contributed by atoms with Crippen molar-refractivity contribution in [2.75, 3.05) is 13.2 Å². The first-order valence-corrected chi connectivity index (χ1v) is 24.9. The Bertz CT molecular complexity index is 928. The Hall–Kier alpha value is -0.890. The monoisotopic (exact) mass is 846 g/mol. The highest BCUT2D eigenvalue weighted by atomic mass is 16.7. The van der Waals surface area contributed by atoms with Gasteiger partial charge in [-0.2, -0.15) is 0 Å². The molecule has 1 aliphatic heterocycles. The molecule has 0 saturated carbocycles. The maximum absolute atomic E-state index is 13.1. The molecule has 9 atom stereocenters. The minimum atomic E-state index is -1.66. The summed E-state index contributed by atoms with van der Waals surface area (Å²) in [6, 6.07) is -1.16. The lowest BCUT2D eigenvalue weighted by molar-refractivity contribution is -0.303. The van der Waals surface area contributed by atoms with Gasteiger partial charge in [0.25, 0.3) is 0 Å². The molecule has 1 saturated heterocycles. The summed E-state index contributed by atoms with van der Waals surface area (Å²) >= 11 is 0. The van der Waals surface area contributed by atoms with Crippen molar-refractivity contribution < 1.29 is 50.0 Å². The van der Waals surface area contributed by atoms with Crippen molar-refractivity contribution in [1.82, 2.24) is 5.32 Å². The van der Waals surface area contributed by atoms with Gasteiger partial charge in [0.15, 0.2) is 6.29 Å². The number of hydrogen-bond acceptors (Lipinski definition) is 10. The van der Waals surface area contributed by atoms with Crippen LogP contribution in [0.2, 0.25) is 0 Å². The summed E-state index contributed by atoms with van der Waals surface area (Å²) < 4.78 is 11.1. The van der Waals surface area contributed by atoms with Gasteiger partial charge in [0, 0.05) is 0 Å². The highest BCUT2D eigenvalue weighted by Crippen LogP contribution is 2.23. The van der Waals surface area contributed by atoms with Crippen molar-refractivity contribution in [1.29, 1.82) is 0 Å². The smallest absolute Gasteiger partial charge is 0.249 e. The van der Waals surface area contributed by atoms with Gasteiger partial charge in [-0.05, 0) is 12.8 Å². The summed E-state index contributed by atoms with van der Waals surface area (Å²) in [5.41, 5.74) is 0. The van der Waals surface area contributed by atoms with E-state index < -0.39 is 74.2 Å². The maximum atomic E-state index is 13.1. The predicted molar refractivity (Wildman–Crippen MR) is 238 cm³/mol. The number of amides is 1. The van der Waals surface area contributed by atoms with Crippen molar-refractivity contribution in [3.05, 3.63) is 0 Å². The third-order valence-electron chi connectivity index (χ3n) is 12.4. The number of carbonyl (C=O) groups excluding carboxylic acids is 1. The average molecular weight is 846 g/mol. The lowest BCUT2D eigenvalue weighted by Crippen LogP contribution is -2.60. The van der Waals surface area contributed by atoms with E-state index >= 15 is 0 Å². The van der Waals surface area contributed by atoms with Gasteiger partial charge in [0.2, 0.25) is 5.91 Å². The molecule has 1 aliphatic rings. The van der Waals surface area contributed by atoms with Crippen LogP contribution in [0, 0.1) is 0 Å². The lowest BCUT2D eigenvalue weighted by Gasteiger charge is -2.40. The number of aliphatic hydroxyl groups excluding tert-OH is 7. The molecule has 0 aliphatic carbocycles. The Labute approximate surface area is 360 Å². The van der Waals surface area contributed by atoms with Crippen LogP contribution in [0.15, 0.2) is 0 Å². The third-order valence-corrected chi connectivity index (χ3v) is 12.4. The van der Waals surface area contributed by atoms with Crippen LogP contribution in [0.25, 0.3) is 0 Å². The van der Waals surface area contributed by atoms with Crippen molar-refractivity contribution in [3.8, 4) is 0 Å².